The van der Waals surface area contributed by atoms with Crippen molar-refractivity contribution in [3.05, 3.63) is 63.4 Å². The Morgan fingerprint density at radius 2 is 1.87 bits per heavy atom. The van der Waals surface area contributed by atoms with Gasteiger partial charge in [0.2, 0.25) is 5.91 Å². The Hall–Kier alpha value is -2.45. The van der Waals surface area contributed by atoms with E-state index in [-0.39, 0.29) is 11.9 Å². The third-order valence-corrected chi connectivity index (χ3v) is 7.88. The molecule has 0 radical (unpaired) electrons. The molecule has 0 unspecified atom stereocenters. The normalized spacial score (nSPS) is 19.1. The van der Waals surface area contributed by atoms with Crippen LogP contribution < -0.4 is 5.32 Å². The van der Waals surface area contributed by atoms with Gasteiger partial charge >= 0.3 is 0 Å². The number of carbonyl (C=O) groups is 1. The van der Waals surface area contributed by atoms with Gasteiger partial charge < -0.3 is 10.2 Å². The van der Waals surface area contributed by atoms with Gasteiger partial charge in [0.15, 0.2) is 0 Å². The van der Waals surface area contributed by atoms with Crippen LogP contribution in [-0.4, -0.2) is 44.2 Å². The molecule has 1 aromatic heterocycles. The van der Waals surface area contributed by atoms with Crippen LogP contribution in [-0.2, 0) is 21.2 Å². The highest BCUT2D eigenvalue weighted by molar-refractivity contribution is 8.00. The van der Waals surface area contributed by atoms with Gasteiger partial charge in [-0.05, 0) is 43.7 Å². The summed E-state index contributed by atoms with van der Waals surface area (Å²) in [7, 11) is -3.70. The fraction of sp³-hybridized carbons (Fsp3) is 0.364. The zero-order chi connectivity index (χ0) is 21.3. The van der Waals surface area contributed by atoms with E-state index in [0.29, 0.717) is 41.4 Å². The maximum atomic E-state index is 12.7. The van der Waals surface area contributed by atoms with Gasteiger partial charge in [0.1, 0.15) is 10.7 Å². The number of carbonyl (C=O) groups excluding carboxylic acids is 1. The first-order chi connectivity index (χ1) is 14.3. The highest BCUT2D eigenvalue weighted by Gasteiger charge is 2.34. The topological polar surface area (TPSA) is 78.8 Å². The van der Waals surface area contributed by atoms with Gasteiger partial charge in [-0.1, -0.05) is 35.9 Å². The molecule has 158 valence electrons. The van der Waals surface area contributed by atoms with Crippen LogP contribution in [0.25, 0.3) is 4.91 Å². The average Bonchev–Trinajstić information content (AvgIpc) is 3.29. The average molecular weight is 444 g/mol. The highest BCUT2D eigenvalue weighted by atomic mass is 32.2. The molecule has 6 nitrogen and oxygen atoms in total. The Balaban J connectivity index is 1.42. The van der Waals surface area contributed by atoms with Gasteiger partial charge in [0, 0.05) is 29.6 Å². The van der Waals surface area contributed by atoms with Gasteiger partial charge in [-0.2, -0.15) is 8.42 Å². The number of rotatable bonds is 4. The Morgan fingerprint density at radius 1 is 1.17 bits per heavy atom. The first-order valence-electron chi connectivity index (χ1n) is 10.0. The molecule has 1 amide bonds. The maximum Gasteiger partial charge on any atom is 0.285 e. The molecule has 2 aromatic rings. The molecule has 1 N–H and O–H groups in total. The highest BCUT2D eigenvalue weighted by Crippen LogP contribution is 2.34. The fourth-order valence-corrected chi connectivity index (χ4v) is 6.16. The Kier molecular flexibility index (Phi) is 5.79. The van der Waals surface area contributed by atoms with Crippen LogP contribution in [0.3, 0.4) is 0 Å². The van der Waals surface area contributed by atoms with Crippen molar-refractivity contribution >= 4 is 38.0 Å². The minimum absolute atomic E-state index is 0.0365. The number of likely N-dealkylation sites (tertiary alicyclic amines) is 1. The molecule has 0 spiro atoms. The summed E-state index contributed by atoms with van der Waals surface area (Å²) in [5.74, 6) is 0.573. The number of thiophene rings is 1. The van der Waals surface area contributed by atoms with Crippen molar-refractivity contribution in [2.24, 2.45) is 4.40 Å². The predicted molar refractivity (Wildman–Crippen MR) is 121 cm³/mol. The van der Waals surface area contributed by atoms with Crippen LogP contribution >= 0.6 is 11.3 Å². The van der Waals surface area contributed by atoms with Crippen molar-refractivity contribution in [3.8, 4) is 0 Å². The van der Waals surface area contributed by atoms with Crippen LogP contribution in [0.1, 0.15) is 35.8 Å². The first-order valence-corrected chi connectivity index (χ1v) is 12.4. The fourth-order valence-electron chi connectivity index (χ4n) is 3.97. The summed E-state index contributed by atoms with van der Waals surface area (Å²) in [4.78, 5) is 15.6. The van der Waals surface area contributed by atoms with Gasteiger partial charge in [-0.15, -0.1) is 15.7 Å². The predicted octanol–water partition coefficient (Wildman–Crippen LogP) is 3.35. The van der Waals surface area contributed by atoms with Crippen LogP contribution in [0.5, 0.6) is 0 Å². The van der Waals surface area contributed by atoms with E-state index < -0.39 is 10.0 Å². The van der Waals surface area contributed by atoms with Crippen LogP contribution in [0.4, 0.5) is 0 Å². The second kappa shape index (κ2) is 8.35. The summed E-state index contributed by atoms with van der Waals surface area (Å²) in [6.45, 7) is 5.13. The first kappa shape index (κ1) is 20.8. The quantitative estimate of drug-likeness (QED) is 0.786. The van der Waals surface area contributed by atoms with Crippen molar-refractivity contribution in [1.82, 2.24) is 10.2 Å². The molecular formula is C22H25N3O3S2. The van der Waals surface area contributed by atoms with E-state index in [1.165, 1.54) is 0 Å². The zero-order valence-corrected chi connectivity index (χ0v) is 18.7. The van der Waals surface area contributed by atoms with Gasteiger partial charge in [-0.3, -0.25) is 4.79 Å². The molecule has 0 saturated carbocycles. The van der Waals surface area contributed by atoms with Gasteiger partial charge in [0.05, 0.1) is 6.42 Å². The molecule has 2 aliphatic heterocycles. The molecule has 0 aliphatic carbocycles. The number of benzene rings is 1. The molecule has 3 heterocycles. The lowest BCUT2D eigenvalue weighted by atomic mass is 10.0. The lowest BCUT2D eigenvalue weighted by molar-refractivity contribution is -0.121. The molecule has 30 heavy (non-hydrogen) atoms. The number of hydrogen-bond acceptors (Lipinski definition) is 5. The van der Waals surface area contributed by atoms with E-state index in [4.69, 9.17) is 0 Å². The van der Waals surface area contributed by atoms with E-state index >= 15 is 0 Å². The van der Waals surface area contributed by atoms with Crippen molar-refractivity contribution in [1.29, 1.82) is 0 Å². The number of sulfonamides is 1. The number of nitrogens with one attached hydrogen (secondary N) is 1. The van der Waals surface area contributed by atoms with Gasteiger partial charge in [0.25, 0.3) is 10.0 Å². The van der Waals surface area contributed by atoms with E-state index in [1.54, 1.807) is 11.3 Å². The second-order valence-corrected chi connectivity index (χ2v) is 10.4. The molecular weight excluding hydrogens is 418 g/mol. The monoisotopic (exact) mass is 443 g/mol. The van der Waals surface area contributed by atoms with E-state index in [0.717, 1.165) is 23.3 Å². The molecule has 1 fully saturated rings. The number of amidine groups is 1. The minimum Gasteiger partial charge on any atom is -0.356 e. The molecule has 2 aliphatic rings. The molecule has 8 heteroatoms. The second-order valence-electron chi connectivity index (χ2n) is 7.80. The summed E-state index contributed by atoms with van der Waals surface area (Å²) >= 11 is 1.58. The summed E-state index contributed by atoms with van der Waals surface area (Å²) in [5.41, 5.74) is 2.45. The van der Waals surface area contributed by atoms with Crippen molar-refractivity contribution in [2.75, 3.05) is 13.1 Å². The molecule has 4 rings (SSSR count). The van der Waals surface area contributed by atoms with E-state index in [1.807, 2.05) is 60.5 Å². The summed E-state index contributed by atoms with van der Waals surface area (Å²) in [6.07, 6.45) is 1.94. The zero-order valence-electron chi connectivity index (χ0n) is 17.1. The third-order valence-electron chi connectivity index (χ3n) is 5.53. The summed E-state index contributed by atoms with van der Waals surface area (Å²) in [5, 5.41) is 5.08. The van der Waals surface area contributed by atoms with Crippen molar-refractivity contribution in [3.63, 3.8) is 0 Å². The molecule has 0 bridgehead atoms. The Bertz CT molecular complexity index is 1090. The third kappa shape index (κ3) is 4.34. The van der Waals surface area contributed by atoms with Crippen LogP contribution in [0.15, 0.2) is 51.7 Å². The number of aryl methyl sites for hydroxylation is 1. The maximum absolute atomic E-state index is 12.7. The number of nitrogens with zero attached hydrogens (tertiary/aromatic N) is 2. The molecule has 0 atom stereocenters. The molecule has 1 saturated heterocycles. The minimum atomic E-state index is -3.70. The number of hydrogen-bond donors (Lipinski definition) is 1. The lowest BCUT2D eigenvalue weighted by Crippen LogP contribution is -2.46. The Labute approximate surface area is 181 Å². The summed E-state index contributed by atoms with van der Waals surface area (Å²) < 4.78 is 29.6. The summed E-state index contributed by atoms with van der Waals surface area (Å²) in [6, 6.07) is 11.5. The smallest absolute Gasteiger partial charge is 0.285 e. The largest absolute Gasteiger partial charge is 0.356 e. The number of piperidine rings is 1. The van der Waals surface area contributed by atoms with E-state index in [2.05, 4.69) is 9.71 Å². The molecule has 1 aromatic carbocycles. The van der Waals surface area contributed by atoms with Crippen molar-refractivity contribution < 1.29 is 13.2 Å². The van der Waals surface area contributed by atoms with Crippen molar-refractivity contribution in [2.45, 2.75) is 39.2 Å². The standard InChI is InChI=1S/C22H25N3O3S2/c1-15-5-7-17(8-6-15)21-16(2)22(24-30(21,27)28)25-11-9-18(10-12-25)23-20(26)14-19-4-3-13-29-19/h3-8,13,18H,9-12,14H2,1-2H3,(H,23,26). The van der Waals surface area contributed by atoms with Crippen LogP contribution in [0.2, 0.25) is 0 Å². The van der Waals surface area contributed by atoms with E-state index in [9.17, 15) is 13.2 Å². The van der Waals surface area contributed by atoms with Gasteiger partial charge in [-0.25, -0.2) is 0 Å². The Morgan fingerprint density at radius 3 is 2.50 bits per heavy atom. The number of amides is 1. The lowest BCUT2D eigenvalue weighted by Gasteiger charge is -2.33. The SMILES string of the molecule is CC1=C(c2ccc(C)cc2)S(=O)(=O)N=C1N1CCC(NC(=O)Cc2cccs2)CC1. The van der Waals surface area contributed by atoms with Crippen LogP contribution in [0, 0.1) is 6.92 Å².